The van der Waals surface area contributed by atoms with E-state index in [4.69, 9.17) is 5.11 Å². The highest BCUT2D eigenvalue weighted by molar-refractivity contribution is 5.89. The van der Waals surface area contributed by atoms with E-state index < -0.39 is 5.97 Å². The fraction of sp³-hybridized carbons (Fsp3) is 0.833. The molecule has 0 radical (unpaired) electrons. The minimum Gasteiger partial charge on any atom is -0.481 e. The van der Waals surface area contributed by atoms with E-state index in [1.54, 1.807) is 0 Å². The molecule has 3 atom stereocenters. The van der Waals surface area contributed by atoms with E-state index >= 15 is 0 Å². The second kappa shape index (κ2) is 8.49. The highest BCUT2D eigenvalue weighted by Crippen LogP contribution is 2.28. The molecule has 0 aromatic heterocycles. The molecule has 2 amide bonds. The van der Waals surface area contributed by atoms with Crippen molar-refractivity contribution in [3.05, 3.63) is 0 Å². The van der Waals surface area contributed by atoms with Gasteiger partial charge in [-0.1, -0.05) is 13.3 Å². The van der Waals surface area contributed by atoms with Gasteiger partial charge in [0.05, 0.1) is 5.92 Å². The summed E-state index contributed by atoms with van der Waals surface area (Å²) in [5.74, 6) is -0.955. The van der Waals surface area contributed by atoms with Crippen LogP contribution in [0.4, 0.5) is 0 Å². The monoisotopic (exact) mass is 338 g/mol. The van der Waals surface area contributed by atoms with E-state index in [0.29, 0.717) is 25.9 Å². The Bertz CT molecular complexity index is 480. The first-order valence-electron chi connectivity index (χ1n) is 9.25. The lowest BCUT2D eigenvalue weighted by Gasteiger charge is -2.37. The summed E-state index contributed by atoms with van der Waals surface area (Å²) in [5, 5.41) is 8.91. The highest BCUT2D eigenvalue weighted by atomic mass is 16.4. The molecule has 0 aromatic rings. The van der Waals surface area contributed by atoms with Crippen LogP contribution in [0.2, 0.25) is 0 Å². The largest absolute Gasteiger partial charge is 0.481 e. The molecule has 0 saturated carbocycles. The molecule has 3 unspecified atom stereocenters. The Morgan fingerprint density at radius 2 is 2.08 bits per heavy atom. The van der Waals surface area contributed by atoms with Crippen molar-refractivity contribution in [2.75, 3.05) is 13.1 Å². The lowest BCUT2D eigenvalue weighted by atomic mass is 9.95. The Morgan fingerprint density at radius 3 is 2.75 bits per heavy atom. The average molecular weight is 338 g/mol. The third-order valence-corrected chi connectivity index (χ3v) is 5.35. The molecule has 2 aliphatic rings. The molecule has 2 rings (SSSR count). The Labute approximate surface area is 144 Å². The number of carboxylic acid groups (broad SMARTS) is 1. The van der Waals surface area contributed by atoms with Crippen LogP contribution in [0, 0.1) is 5.92 Å². The van der Waals surface area contributed by atoms with Gasteiger partial charge in [0.15, 0.2) is 0 Å². The predicted octanol–water partition coefficient (Wildman–Crippen LogP) is 2.27. The molecule has 2 fully saturated rings. The number of carboxylic acids is 1. The summed E-state index contributed by atoms with van der Waals surface area (Å²) in [6.45, 7) is 5.35. The van der Waals surface area contributed by atoms with E-state index in [0.717, 1.165) is 32.1 Å². The topological polar surface area (TPSA) is 77.9 Å². The molecule has 1 N–H and O–H groups in total. The molecular formula is C18H30N2O4. The lowest BCUT2D eigenvalue weighted by molar-refractivity contribution is -0.142. The van der Waals surface area contributed by atoms with Gasteiger partial charge in [-0.05, 0) is 39.0 Å². The number of likely N-dealkylation sites (tertiary alicyclic amines) is 2. The number of hydrogen-bond donors (Lipinski definition) is 1. The van der Waals surface area contributed by atoms with Crippen LogP contribution >= 0.6 is 0 Å². The van der Waals surface area contributed by atoms with Crippen LogP contribution in [0.25, 0.3) is 0 Å². The van der Waals surface area contributed by atoms with Gasteiger partial charge in [0.2, 0.25) is 11.8 Å². The van der Waals surface area contributed by atoms with Crippen molar-refractivity contribution >= 4 is 17.8 Å². The number of amides is 2. The number of rotatable bonds is 7. The summed E-state index contributed by atoms with van der Waals surface area (Å²) < 4.78 is 0. The number of hydrogen-bond acceptors (Lipinski definition) is 3. The first kappa shape index (κ1) is 18.7. The van der Waals surface area contributed by atoms with E-state index in [2.05, 4.69) is 6.92 Å². The fourth-order valence-corrected chi connectivity index (χ4v) is 4.01. The summed E-state index contributed by atoms with van der Waals surface area (Å²) in [7, 11) is 0. The fourth-order valence-electron chi connectivity index (χ4n) is 4.01. The summed E-state index contributed by atoms with van der Waals surface area (Å²) >= 11 is 0. The summed E-state index contributed by atoms with van der Waals surface area (Å²) in [6, 6.07) is 0.198. The number of aliphatic carboxylic acids is 1. The van der Waals surface area contributed by atoms with Crippen LogP contribution in [0.15, 0.2) is 0 Å². The van der Waals surface area contributed by atoms with Gasteiger partial charge in [0.25, 0.3) is 0 Å². The molecule has 6 nitrogen and oxygen atoms in total. The predicted molar refractivity (Wildman–Crippen MR) is 90.4 cm³/mol. The normalized spacial score (nSPS) is 25.8. The van der Waals surface area contributed by atoms with E-state index in [-0.39, 0.29) is 36.2 Å². The molecule has 0 spiro atoms. The van der Waals surface area contributed by atoms with Crippen molar-refractivity contribution in [2.45, 2.75) is 77.3 Å². The van der Waals surface area contributed by atoms with Crippen molar-refractivity contribution < 1.29 is 19.5 Å². The molecule has 2 saturated heterocycles. The summed E-state index contributed by atoms with van der Waals surface area (Å²) in [6.07, 6.45) is 5.76. The first-order valence-corrected chi connectivity index (χ1v) is 9.25. The highest BCUT2D eigenvalue weighted by Gasteiger charge is 2.40. The minimum absolute atomic E-state index is 0.0135. The zero-order valence-corrected chi connectivity index (χ0v) is 14.9. The van der Waals surface area contributed by atoms with Gasteiger partial charge in [-0.2, -0.15) is 0 Å². The molecule has 2 aliphatic heterocycles. The zero-order chi connectivity index (χ0) is 17.7. The standard InChI is InChI=1S/C18H30N2O4/c1-3-6-13(2)20-12-14(11-16(20)21)18(24)19-10-5-4-7-15(19)8-9-17(22)23/h13-15H,3-12H2,1-2H3,(H,22,23). The van der Waals surface area contributed by atoms with Crippen molar-refractivity contribution in [1.29, 1.82) is 0 Å². The van der Waals surface area contributed by atoms with Gasteiger partial charge < -0.3 is 14.9 Å². The Hall–Kier alpha value is -1.59. The third-order valence-electron chi connectivity index (χ3n) is 5.35. The van der Waals surface area contributed by atoms with Crippen molar-refractivity contribution in [3.8, 4) is 0 Å². The maximum atomic E-state index is 12.9. The van der Waals surface area contributed by atoms with Gasteiger partial charge in [-0.25, -0.2) is 0 Å². The smallest absolute Gasteiger partial charge is 0.303 e. The van der Waals surface area contributed by atoms with Gasteiger partial charge in [-0.15, -0.1) is 0 Å². The molecular weight excluding hydrogens is 308 g/mol. The number of nitrogens with zero attached hydrogens (tertiary/aromatic N) is 2. The van der Waals surface area contributed by atoms with Crippen LogP contribution in [0.5, 0.6) is 0 Å². The number of piperidine rings is 1. The van der Waals surface area contributed by atoms with Gasteiger partial charge in [0.1, 0.15) is 0 Å². The number of carbonyl (C=O) groups is 3. The second-order valence-electron chi connectivity index (χ2n) is 7.20. The van der Waals surface area contributed by atoms with Gasteiger partial charge in [0, 0.05) is 38.0 Å². The first-order chi connectivity index (χ1) is 11.4. The Kier molecular flexibility index (Phi) is 6.63. The summed E-state index contributed by atoms with van der Waals surface area (Å²) in [5.41, 5.74) is 0. The lowest BCUT2D eigenvalue weighted by Crippen LogP contribution is -2.47. The SMILES string of the molecule is CCCC(C)N1CC(C(=O)N2CCCCC2CCC(=O)O)CC1=O. The summed E-state index contributed by atoms with van der Waals surface area (Å²) in [4.78, 5) is 39.7. The van der Waals surface area contributed by atoms with E-state index in [1.165, 1.54) is 0 Å². The van der Waals surface area contributed by atoms with E-state index in [9.17, 15) is 14.4 Å². The third kappa shape index (κ3) is 4.48. The Balaban J connectivity index is 1.98. The molecule has 6 heteroatoms. The second-order valence-corrected chi connectivity index (χ2v) is 7.20. The van der Waals surface area contributed by atoms with Crippen molar-refractivity contribution in [2.24, 2.45) is 5.92 Å². The quantitative estimate of drug-likeness (QED) is 0.772. The molecule has 0 aromatic carbocycles. The van der Waals surface area contributed by atoms with Crippen LogP contribution in [0.3, 0.4) is 0 Å². The van der Waals surface area contributed by atoms with Crippen LogP contribution in [0.1, 0.15) is 65.2 Å². The van der Waals surface area contributed by atoms with Crippen LogP contribution < -0.4 is 0 Å². The molecule has 136 valence electrons. The maximum absolute atomic E-state index is 12.9. The van der Waals surface area contributed by atoms with Gasteiger partial charge in [-0.3, -0.25) is 14.4 Å². The van der Waals surface area contributed by atoms with Crippen LogP contribution in [-0.2, 0) is 14.4 Å². The Morgan fingerprint density at radius 1 is 1.33 bits per heavy atom. The molecule has 0 bridgehead atoms. The van der Waals surface area contributed by atoms with Crippen molar-refractivity contribution in [1.82, 2.24) is 9.80 Å². The average Bonchev–Trinajstić information content (AvgIpc) is 2.94. The molecule has 24 heavy (non-hydrogen) atoms. The van der Waals surface area contributed by atoms with Crippen LogP contribution in [-0.4, -0.2) is 57.9 Å². The zero-order valence-electron chi connectivity index (χ0n) is 14.9. The van der Waals surface area contributed by atoms with Gasteiger partial charge >= 0.3 is 5.97 Å². The number of carbonyl (C=O) groups excluding carboxylic acids is 2. The molecule has 0 aliphatic carbocycles. The maximum Gasteiger partial charge on any atom is 0.303 e. The molecule has 2 heterocycles. The minimum atomic E-state index is -0.816. The van der Waals surface area contributed by atoms with E-state index in [1.807, 2.05) is 16.7 Å². The van der Waals surface area contributed by atoms with Crippen molar-refractivity contribution in [3.63, 3.8) is 0 Å².